The zero-order valence-corrected chi connectivity index (χ0v) is 14.9. The van der Waals surface area contributed by atoms with Gasteiger partial charge in [-0.25, -0.2) is 13.6 Å². The number of piperidine rings is 1. The van der Waals surface area contributed by atoms with Crippen LogP contribution >= 0.6 is 0 Å². The van der Waals surface area contributed by atoms with Crippen LogP contribution in [0.25, 0.3) is 0 Å². The van der Waals surface area contributed by atoms with E-state index in [-0.39, 0.29) is 23.4 Å². The van der Waals surface area contributed by atoms with E-state index in [1.807, 2.05) is 0 Å². The number of carbonyl (C=O) groups is 1. The van der Waals surface area contributed by atoms with Gasteiger partial charge in [0, 0.05) is 19.3 Å². The molecule has 0 N–H and O–H groups in total. The number of hydrogen-bond acceptors (Lipinski definition) is 3. The molecule has 1 aromatic rings. The van der Waals surface area contributed by atoms with Gasteiger partial charge in [0.15, 0.2) is 6.10 Å². The molecule has 5 nitrogen and oxygen atoms in total. The van der Waals surface area contributed by atoms with Crippen molar-refractivity contribution < 1.29 is 31.5 Å². The second-order valence-electron chi connectivity index (χ2n) is 7.43. The van der Waals surface area contributed by atoms with E-state index in [2.05, 4.69) is 9.84 Å². The highest BCUT2D eigenvalue weighted by atomic mass is 19.4. The Kier molecular flexibility index (Phi) is 5.36. The number of aromatic nitrogens is 2. The maximum absolute atomic E-state index is 12.7. The molecule has 27 heavy (non-hydrogen) atoms. The van der Waals surface area contributed by atoms with Gasteiger partial charge in [0.2, 0.25) is 0 Å². The van der Waals surface area contributed by atoms with Crippen LogP contribution < -0.4 is 0 Å². The van der Waals surface area contributed by atoms with Crippen LogP contribution in [0.1, 0.15) is 57.1 Å². The van der Waals surface area contributed by atoms with Crippen molar-refractivity contribution in [3.05, 3.63) is 18.0 Å². The van der Waals surface area contributed by atoms with Gasteiger partial charge in [-0.3, -0.25) is 4.68 Å². The molecule has 10 heteroatoms. The molecule has 0 unspecified atom stereocenters. The third-order valence-electron chi connectivity index (χ3n) is 5.65. The molecule has 2 heterocycles. The summed E-state index contributed by atoms with van der Waals surface area (Å²) in [5.41, 5.74) is -0.115. The number of ether oxygens (including phenoxy) is 1. The fourth-order valence-corrected chi connectivity index (χ4v) is 3.94. The van der Waals surface area contributed by atoms with Gasteiger partial charge in [0.25, 0.3) is 6.43 Å². The first-order valence-corrected chi connectivity index (χ1v) is 8.98. The number of alkyl halides is 5. The molecule has 1 aliphatic heterocycles. The maximum atomic E-state index is 12.7. The van der Waals surface area contributed by atoms with E-state index in [4.69, 9.17) is 0 Å². The van der Waals surface area contributed by atoms with Gasteiger partial charge in [-0.15, -0.1) is 0 Å². The predicted molar refractivity (Wildman–Crippen MR) is 85.3 cm³/mol. The normalized spacial score (nSPS) is 21.4. The minimum absolute atomic E-state index is 0.00737. The fraction of sp³-hybridized carbons (Fsp3) is 0.765. The number of nitrogens with zero attached hydrogens (tertiary/aromatic N) is 3. The van der Waals surface area contributed by atoms with Gasteiger partial charge in [-0.1, -0.05) is 6.92 Å². The van der Waals surface area contributed by atoms with Crippen LogP contribution in [0.3, 0.4) is 0 Å². The second kappa shape index (κ2) is 7.27. The second-order valence-corrected chi connectivity index (χ2v) is 7.43. The van der Waals surface area contributed by atoms with Crippen molar-refractivity contribution in [2.45, 2.75) is 63.8 Å². The molecule has 1 aliphatic carbocycles. The molecule has 1 aromatic heterocycles. The summed E-state index contributed by atoms with van der Waals surface area (Å²) in [5.74, 6) is 0. The lowest BCUT2D eigenvalue weighted by atomic mass is 9.60. The molecule has 1 spiro atoms. The molecular weight excluding hydrogens is 373 g/mol. The topological polar surface area (TPSA) is 47.4 Å². The van der Waals surface area contributed by atoms with E-state index in [1.165, 1.54) is 24.2 Å². The van der Waals surface area contributed by atoms with Crippen molar-refractivity contribution in [3.63, 3.8) is 0 Å². The Morgan fingerprint density at radius 3 is 2.44 bits per heavy atom. The Morgan fingerprint density at radius 1 is 1.33 bits per heavy atom. The summed E-state index contributed by atoms with van der Waals surface area (Å²) >= 11 is 0. The molecule has 0 aromatic carbocycles. The maximum Gasteiger partial charge on any atom is 0.425 e. The predicted octanol–water partition coefficient (Wildman–Crippen LogP) is 4.72. The zero-order valence-electron chi connectivity index (χ0n) is 14.9. The van der Waals surface area contributed by atoms with E-state index in [0.29, 0.717) is 25.9 Å². The molecule has 2 fully saturated rings. The standard InChI is InChI=1S/C17H22F5N3O2/c1-2-13(17(20,21)22)27-15(26)24-5-3-16(4-6-24)7-12(8-16)25-10-11(9-23-25)14(18)19/h9-10,12-14H,2-8H2,1H3/t13-/m1/s1. The fourth-order valence-electron chi connectivity index (χ4n) is 3.94. The smallest absolute Gasteiger partial charge is 0.425 e. The molecule has 2 aliphatic rings. The van der Waals surface area contributed by atoms with Crippen LogP contribution in [0, 0.1) is 5.41 Å². The largest absolute Gasteiger partial charge is 0.436 e. The summed E-state index contributed by atoms with van der Waals surface area (Å²) < 4.78 is 69.7. The van der Waals surface area contributed by atoms with Gasteiger partial charge in [0.05, 0.1) is 17.8 Å². The van der Waals surface area contributed by atoms with Crippen LogP contribution in [0.5, 0.6) is 0 Å². The van der Waals surface area contributed by atoms with E-state index in [0.717, 1.165) is 12.8 Å². The van der Waals surface area contributed by atoms with Gasteiger partial charge in [0.1, 0.15) is 0 Å². The van der Waals surface area contributed by atoms with Crippen molar-refractivity contribution in [2.75, 3.05) is 13.1 Å². The summed E-state index contributed by atoms with van der Waals surface area (Å²) in [6.45, 7) is 1.99. The number of carbonyl (C=O) groups excluding carboxylic acids is 1. The summed E-state index contributed by atoms with van der Waals surface area (Å²) in [6.07, 6.45) is -5.09. The quantitative estimate of drug-likeness (QED) is 0.694. The van der Waals surface area contributed by atoms with Crippen LogP contribution in [0.15, 0.2) is 12.4 Å². The Labute approximate surface area is 153 Å². The van der Waals surface area contributed by atoms with Gasteiger partial charge < -0.3 is 9.64 Å². The van der Waals surface area contributed by atoms with Crippen molar-refractivity contribution in [1.29, 1.82) is 0 Å². The molecule has 1 atom stereocenters. The van der Waals surface area contributed by atoms with Gasteiger partial charge in [-0.05, 0) is 37.5 Å². The molecule has 152 valence electrons. The highest BCUT2D eigenvalue weighted by molar-refractivity contribution is 5.68. The summed E-state index contributed by atoms with van der Waals surface area (Å²) in [6, 6.07) is 0.0469. The van der Waals surface area contributed by atoms with E-state index in [9.17, 15) is 26.7 Å². The Bertz CT molecular complexity index is 660. The Morgan fingerprint density at radius 2 is 1.96 bits per heavy atom. The zero-order chi connectivity index (χ0) is 19.8. The highest BCUT2D eigenvalue weighted by Gasteiger charge is 2.48. The number of rotatable bonds is 4. The Balaban J connectivity index is 1.49. The lowest BCUT2D eigenvalue weighted by Crippen LogP contribution is -2.50. The van der Waals surface area contributed by atoms with Gasteiger partial charge in [-0.2, -0.15) is 18.3 Å². The number of hydrogen-bond donors (Lipinski definition) is 0. The highest BCUT2D eigenvalue weighted by Crippen LogP contribution is 2.54. The lowest BCUT2D eigenvalue weighted by molar-refractivity contribution is -0.206. The number of halogens is 5. The van der Waals surface area contributed by atoms with E-state index >= 15 is 0 Å². The van der Waals surface area contributed by atoms with Crippen LogP contribution in [0.2, 0.25) is 0 Å². The summed E-state index contributed by atoms with van der Waals surface area (Å²) in [7, 11) is 0. The third-order valence-corrected chi connectivity index (χ3v) is 5.65. The Hall–Kier alpha value is -1.87. The lowest BCUT2D eigenvalue weighted by Gasteiger charge is -2.52. The molecule has 1 amide bonds. The molecule has 0 bridgehead atoms. The molecule has 0 radical (unpaired) electrons. The minimum Gasteiger partial charge on any atom is -0.436 e. The average Bonchev–Trinajstić information content (AvgIpc) is 3.06. The van der Waals surface area contributed by atoms with Crippen LogP contribution in [-0.4, -0.2) is 46.1 Å². The van der Waals surface area contributed by atoms with Gasteiger partial charge >= 0.3 is 12.3 Å². The average molecular weight is 395 g/mol. The van der Waals surface area contributed by atoms with Crippen LogP contribution in [-0.2, 0) is 4.74 Å². The van der Waals surface area contributed by atoms with Crippen molar-refractivity contribution in [3.8, 4) is 0 Å². The first kappa shape index (κ1) is 19.9. The first-order valence-electron chi connectivity index (χ1n) is 8.98. The van der Waals surface area contributed by atoms with Crippen molar-refractivity contribution in [2.24, 2.45) is 5.41 Å². The minimum atomic E-state index is -4.57. The van der Waals surface area contributed by atoms with Crippen LogP contribution in [0.4, 0.5) is 26.7 Å². The monoisotopic (exact) mass is 395 g/mol. The van der Waals surface area contributed by atoms with E-state index < -0.39 is 24.8 Å². The number of likely N-dealkylation sites (tertiary alicyclic amines) is 1. The molecule has 3 rings (SSSR count). The SMILES string of the molecule is CC[C@@H](OC(=O)N1CCC2(CC1)CC(n1cc(C(F)F)cn1)C2)C(F)(F)F. The van der Waals surface area contributed by atoms with E-state index in [1.54, 1.807) is 4.68 Å². The third kappa shape index (κ3) is 4.19. The molecule has 1 saturated heterocycles. The summed E-state index contributed by atoms with van der Waals surface area (Å²) in [4.78, 5) is 13.3. The number of amides is 1. The molecular formula is C17H22F5N3O2. The summed E-state index contributed by atoms with van der Waals surface area (Å²) in [5, 5.41) is 3.99. The molecule has 1 saturated carbocycles. The van der Waals surface area contributed by atoms with Crippen molar-refractivity contribution in [1.82, 2.24) is 14.7 Å². The first-order chi connectivity index (χ1) is 12.6. The van der Waals surface area contributed by atoms with Crippen molar-refractivity contribution >= 4 is 6.09 Å².